The summed E-state index contributed by atoms with van der Waals surface area (Å²) in [4.78, 5) is 22.5. The predicted octanol–water partition coefficient (Wildman–Crippen LogP) is 2.77. The average Bonchev–Trinajstić information content (AvgIpc) is 2.41. The van der Waals surface area contributed by atoms with Crippen molar-refractivity contribution in [3.05, 3.63) is 24.3 Å². The van der Waals surface area contributed by atoms with E-state index in [4.69, 9.17) is 9.47 Å². The number of carbonyl (C=O) groups is 2. The van der Waals surface area contributed by atoms with Crippen LogP contribution in [0.15, 0.2) is 24.3 Å². The number of rotatable bonds is 5. The molecule has 1 aromatic rings. The summed E-state index contributed by atoms with van der Waals surface area (Å²) in [5.74, 6) is 0.570. The molecule has 0 atom stereocenters. The molecule has 0 fully saturated rings. The first kappa shape index (κ1) is 17.6. The van der Waals surface area contributed by atoms with Crippen LogP contribution in [0.3, 0.4) is 0 Å². The molecule has 7 nitrogen and oxygen atoms in total. The summed E-state index contributed by atoms with van der Waals surface area (Å²) in [5.41, 5.74) is 0.00488. The predicted molar refractivity (Wildman–Crippen MR) is 82.2 cm³/mol. The molecule has 1 rings (SSSR count). The molecular weight excluding hydrogens is 288 g/mol. The van der Waals surface area contributed by atoms with E-state index < -0.39 is 17.8 Å². The van der Waals surface area contributed by atoms with Crippen LogP contribution < -0.4 is 15.4 Å². The summed E-state index contributed by atoms with van der Waals surface area (Å²) >= 11 is 0. The van der Waals surface area contributed by atoms with Crippen LogP contribution in [-0.2, 0) is 9.47 Å². The average molecular weight is 310 g/mol. The van der Waals surface area contributed by atoms with Crippen molar-refractivity contribution in [2.45, 2.75) is 26.4 Å². The van der Waals surface area contributed by atoms with Gasteiger partial charge in [0.15, 0.2) is 0 Å². The third-order valence-electron chi connectivity index (χ3n) is 2.30. The van der Waals surface area contributed by atoms with Crippen LogP contribution in [0.1, 0.15) is 20.8 Å². The molecule has 7 heteroatoms. The normalized spacial score (nSPS) is 10.5. The topological polar surface area (TPSA) is 85.9 Å². The molecule has 1 aromatic carbocycles. The van der Waals surface area contributed by atoms with Crippen LogP contribution in [0, 0.1) is 0 Å². The summed E-state index contributed by atoms with van der Waals surface area (Å²) < 4.78 is 15.1. The number of hydrogen-bond donors (Lipinski definition) is 2. The number of alkyl carbamates (subject to hydrolysis) is 1. The van der Waals surface area contributed by atoms with Crippen LogP contribution in [0.4, 0.5) is 15.3 Å². The first-order valence-electron chi connectivity index (χ1n) is 6.85. The summed E-state index contributed by atoms with van der Waals surface area (Å²) in [7, 11) is 1.29. The first-order chi connectivity index (χ1) is 10.3. The molecule has 0 aliphatic rings. The van der Waals surface area contributed by atoms with Crippen LogP contribution in [0.5, 0.6) is 5.75 Å². The summed E-state index contributed by atoms with van der Waals surface area (Å²) in [6.07, 6.45) is -1.04. The first-order valence-corrected chi connectivity index (χ1v) is 6.85. The maximum Gasteiger partial charge on any atom is 0.412 e. The fourth-order valence-corrected chi connectivity index (χ4v) is 1.48. The van der Waals surface area contributed by atoms with E-state index in [1.165, 1.54) is 7.11 Å². The maximum absolute atomic E-state index is 11.7. The van der Waals surface area contributed by atoms with Crippen LogP contribution in [0.2, 0.25) is 0 Å². The Morgan fingerprint density at radius 2 is 1.91 bits per heavy atom. The summed E-state index contributed by atoms with van der Waals surface area (Å²) in [6.45, 7) is 5.97. The van der Waals surface area contributed by atoms with E-state index >= 15 is 0 Å². The second kappa shape index (κ2) is 8.11. The molecule has 0 aromatic heterocycles. The Bertz CT molecular complexity index is 511. The van der Waals surface area contributed by atoms with E-state index in [9.17, 15) is 9.59 Å². The van der Waals surface area contributed by atoms with Gasteiger partial charge in [0.25, 0.3) is 0 Å². The lowest BCUT2D eigenvalue weighted by Crippen LogP contribution is -2.28. The van der Waals surface area contributed by atoms with Crippen molar-refractivity contribution in [3.63, 3.8) is 0 Å². The Balaban J connectivity index is 2.45. The summed E-state index contributed by atoms with van der Waals surface area (Å²) in [6, 6.07) is 6.89. The minimum absolute atomic E-state index is 0.283. The molecule has 0 spiro atoms. The SMILES string of the molecule is COC(=O)NCCOc1cccc(NC(=O)OC(C)(C)C)c1. The number of carbonyl (C=O) groups excluding carboxylic acids is 2. The van der Waals surface area contributed by atoms with E-state index in [0.29, 0.717) is 18.0 Å². The van der Waals surface area contributed by atoms with Gasteiger partial charge in [0, 0.05) is 11.8 Å². The van der Waals surface area contributed by atoms with Gasteiger partial charge in [-0.2, -0.15) is 0 Å². The third-order valence-corrected chi connectivity index (χ3v) is 2.30. The highest BCUT2D eigenvalue weighted by Gasteiger charge is 2.16. The molecule has 2 amide bonds. The molecule has 22 heavy (non-hydrogen) atoms. The molecule has 122 valence electrons. The zero-order valence-corrected chi connectivity index (χ0v) is 13.3. The highest BCUT2D eigenvalue weighted by Crippen LogP contribution is 2.18. The van der Waals surface area contributed by atoms with Gasteiger partial charge in [-0.15, -0.1) is 0 Å². The van der Waals surface area contributed by atoms with Gasteiger partial charge in [0.2, 0.25) is 0 Å². The fourth-order valence-electron chi connectivity index (χ4n) is 1.48. The van der Waals surface area contributed by atoms with Crippen molar-refractivity contribution in [2.24, 2.45) is 0 Å². The second-order valence-corrected chi connectivity index (χ2v) is 5.42. The molecule has 0 bridgehead atoms. The Kier molecular flexibility index (Phi) is 6.49. The number of ether oxygens (including phenoxy) is 3. The second-order valence-electron chi connectivity index (χ2n) is 5.42. The van der Waals surface area contributed by atoms with Crippen molar-refractivity contribution in [1.29, 1.82) is 0 Å². The minimum Gasteiger partial charge on any atom is -0.492 e. The molecule has 0 saturated heterocycles. The van der Waals surface area contributed by atoms with Crippen LogP contribution in [0.25, 0.3) is 0 Å². The van der Waals surface area contributed by atoms with Gasteiger partial charge in [0.1, 0.15) is 18.0 Å². The molecular formula is C15H22N2O5. The number of anilines is 1. The standard InChI is InChI=1S/C15H22N2O5/c1-15(2,3)22-14(19)17-11-6-5-7-12(10-11)21-9-8-16-13(18)20-4/h5-7,10H,8-9H2,1-4H3,(H,16,18)(H,17,19). The monoisotopic (exact) mass is 310 g/mol. The van der Waals surface area contributed by atoms with Gasteiger partial charge < -0.3 is 19.5 Å². The van der Waals surface area contributed by atoms with Gasteiger partial charge >= 0.3 is 12.2 Å². The molecule has 0 unspecified atom stereocenters. The molecule has 0 aliphatic carbocycles. The number of hydrogen-bond acceptors (Lipinski definition) is 5. The smallest absolute Gasteiger partial charge is 0.412 e. The Hall–Kier alpha value is -2.44. The lowest BCUT2D eigenvalue weighted by Gasteiger charge is -2.19. The fraction of sp³-hybridized carbons (Fsp3) is 0.467. The van der Waals surface area contributed by atoms with Crippen molar-refractivity contribution < 1.29 is 23.8 Å². The number of nitrogens with one attached hydrogen (secondary N) is 2. The molecule has 0 heterocycles. The number of amides is 2. The van der Waals surface area contributed by atoms with Crippen molar-refractivity contribution in [1.82, 2.24) is 5.32 Å². The van der Waals surface area contributed by atoms with Crippen molar-refractivity contribution >= 4 is 17.9 Å². The lowest BCUT2D eigenvalue weighted by atomic mass is 10.2. The lowest BCUT2D eigenvalue weighted by molar-refractivity contribution is 0.0636. The van der Waals surface area contributed by atoms with Gasteiger partial charge in [-0.25, -0.2) is 9.59 Å². The van der Waals surface area contributed by atoms with Gasteiger partial charge in [-0.1, -0.05) is 6.07 Å². The van der Waals surface area contributed by atoms with Crippen molar-refractivity contribution in [3.8, 4) is 5.75 Å². The van der Waals surface area contributed by atoms with Crippen LogP contribution in [-0.4, -0.2) is 38.0 Å². The van der Waals surface area contributed by atoms with E-state index in [0.717, 1.165) is 0 Å². The zero-order chi connectivity index (χ0) is 16.6. The molecule has 0 saturated carbocycles. The highest BCUT2D eigenvalue weighted by molar-refractivity contribution is 5.85. The van der Waals surface area contributed by atoms with Crippen molar-refractivity contribution in [2.75, 3.05) is 25.6 Å². The number of methoxy groups -OCH3 is 1. The Labute approximate surface area is 129 Å². The molecule has 0 aliphatic heterocycles. The Morgan fingerprint density at radius 1 is 1.18 bits per heavy atom. The third kappa shape index (κ3) is 7.37. The van der Waals surface area contributed by atoms with E-state index in [1.54, 1.807) is 45.0 Å². The minimum atomic E-state index is -0.558. The van der Waals surface area contributed by atoms with Gasteiger partial charge in [-0.3, -0.25) is 5.32 Å². The quantitative estimate of drug-likeness (QED) is 0.817. The molecule has 2 N–H and O–H groups in total. The largest absolute Gasteiger partial charge is 0.492 e. The van der Waals surface area contributed by atoms with Gasteiger partial charge in [-0.05, 0) is 32.9 Å². The zero-order valence-electron chi connectivity index (χ0n) is 13.3. The van der Waals surface area contributed by atoms with Gasteiger partial charge in [0.05, 0.1) is 13.7 Å². The highest BCUT2D eigenvalue weighted by atomic mass is 16.6. The van der Waals surface area contributed by atoms with E-state index in [2.05, 4.69) is 15.4 Å². The molecule has 0 radical (unpaired) electrons. The summed E-state index contributed by atoms with van der Waals surface area (Å²) in [5, 5.41) is 5.12. The maximum atomic E-state index is 11.7. The Morgan fingerprint density at radius 3 is 2.55 bits per heavy atom. The van der Waals surface area contributed by atoms with E-state index in [-0.39, 0.29) is 6.61 Å². The van der Waals surface area contributed by atoms with Crippen LogP contribution >= 0.6 is 0 Å². The van der Waals surface area contributed by atoms with E-state index in [1.807, 2.05) is 0 Å². The number of benzene rings is 1.